The number of carbonyl (C=O) groups excluding carboxylic acids is 1. The van der Waals surface area contributed by atoms with Gasteiger partial charge in [0.05, 0.1) is 28.6 Å². The molecular weight excluding hydrogens is 544 g/mol. The second-order valence-electron chi connectivity index (χ2n) is 9.71. The molecule has 1 aliphatic carbocycles. The van der Waals surface area contributed by atoms with E-state index in [1.807, 2.05) is 44.2 Å². The van der Waals surface area contributed by atoms with Crippen molar-refractivity contribution in [1.29, 1.82) is 10.7 Å². The SMILES string of the molecule is CCCC1CC(=O)C2=C(C1)NC(C)=C(C#N)C2c1cc(Br)c(OCc2ccccc2C(=N)N)c(OCC)c1. The summed E-state index contributed by atoms with van der Waals surface area (Å²) < 4.78 is 12.8. The van der Waals surface area contributed by atoms with Gasteiger partial charge in [-0.2, -0.15) is 5.26 Å². The van der Waals surface area contributed by atoms with Crippen molar-refractivity contribution >= 4 is 27.5 Å². The number of ketones is 1. The minimum Gasteiger partial charge on any atom is -0.490 e. The van der Waals surface area contributed by atoms with Gasteiger partial charge in [0.25, 0.3) is 0 Å². The smallest absolute Gasteiger partial charge is 0.175 e. The summed E-state index contributed by atoms with van der Waals surface area (Å²) in [5.41, 5.74) is 10.9. The van der Waals surface area contributed by atoms with Crippen LogP contribution in [0.2, 0.25) is 0 Å². The molecule has 1 heterocycles. The van der Waals surface area contributed by atoms with Crippen molar-refractivity contribution in [2.45, 2.75) is 59.0 Å². The largest absolute Gasteiger partial charge is 0.490 e. The second-order valence-corrected chi connectivity index (χ2v) is 10.6. The third-order valence-corrected chi connectivity index (χ3v) is 7.66. The quantitative estimate of drug-likeness (QED) is 0.240. The number of hydrogen-bond donors (Lipinski definition) is 3. The fraction of sp³-hybridized carbons (Fsp3) is 0.367. The molecule has 2 atom stereocenters. The van der Waals surface area contributed by atoms with Crippen LogP contribution in [0.4, 0.5) is 0 Å². The van der Waals surface area contributed by atoms with Gasteiger partial charge in [0.2, 0.25) is 0 Å². The zero-order valence-electron chi connectivity index (χ0n) is 22.0. The van der Waals surface area contributed by atoms with Crippen LogP contribution in [0.15, 0.2) is 63.4 Å². The number of nitrogens with two attached hydrogens (primary N) is 1. The van der Waals surface area contributed by atoms with Crippen molar-refractivity contribution in [2.24, 2.45) is 11.7 Å². The topological polar surface area (TPSA) is 121 Å². The third-order valence-electron chi connectivity index (χ3n) is 7.07. The molecule has 0 amide bonds. The van der Waals surface area contributed by atoms with Crippen LogP contribution in [-0.2, 0) is 11.4 Å². The van der Waals surface area contributed by atoms with Crippen molar-refractivity contribution in [1.82, 2.24) is 5.32 Å². The molecule has 1 aliphatic heterocycles. The molecule has 0 aromatic heterocycles. The molecule has 2 aliphatic rings. The fourth-order valence-electron chi connectivity index (χ4n) is 5.43. The van der Waals surface area contributed by atoms with Gasteiger partial charge in [-0.05, 0) is 66.2 Å². The second kappa shape index (κ2) is 11.9. The van der Waals surface area contributed by atoms with Crippen LogP contribution in [0, 0.1) is 22.7 Å². The molecule has 0 bridgehead atoms. The van der Waals surface area contributed by atoms with Gasteiger partial charge >= 0.3 is 0 Å². The first kappa shape index (κ1) is 27.5. The number of nitrogens with one attached hydrogen (secondary N) is 2. The first-order valence-corrected chi connectivity index (χ1v) is 13.7. The highest BCUT2D eigenvalue weighted by Gasteiger charge is 2.39. The van der Waals surface area contributed by atoms with E-state index in [9.17, 15) is 10.1 Å². The van der Waals surface area contributed by atoms with Crippen LogP contribution in [0.25, 0.3) is 0 Å². The number of dihydropyridines is 1. The molecule has 0 fully saturated rings. The maximum absolute atomic E-state index is 13.4. The normalized spacial score (nSPS) is 19.0. The van der Waals surface area contributed by atoms with E-state index in [2.05, 4.69) is 34.2 Å². The molecule has 0 spiro atoms. The van der Waals surface area contributed by atoms with E-state index >= 15 is 0 Å². The number of allylic oxidation sites excluding steroid dienone is 4. The van der Waals surface area contributed by atoms with Gasteiger partial charge in [-0.25, -0.2) is 0 Å². The van der Waals surface area contributed by atoms with E-state index in [0.717, 1.165) is 41.8 Å². The predicted octanol–water partition coefficient (Wildman–Crippen LogP) is 6.23. The zero-order valence-corrected chi connectivity index (χ0v) is 23.6. The number of ether oxygens (including phenoxy) is 2. The summed E-state index contributed by atoms with van der Waals surface area (Å²) in [6.07, 6.45) is 3.34. The number of carbonyl (C=O) groups is 1. The lowest BCUT2D eigenvalue weighted by Gasteiger charge is -2.35. The van der Waals surface area contributed by atoms with Gasteiger partial charge in [-0.15, -0.1) is 0 Å². The number of Topliss-reactive ketones (excluding diaryl/α,β-unsaturated/α-hetero) is 1. The monoisotopic (exact) mass is 576 g/mol. The number of hydrogen-bond acceptors (Lipinski definition) is 6. The molecule has 2 aromatic carbocycles. The van der Waals surface area contributed by atoms with Gasteiger partial charge in [0, 0.05) is 34.5 Å². The molecule has 4 rings (SSSR count). The summed E-state index contributed by atoms with van der Waals surface area (Å²) in [5, 5.41) is 21.3. The molecule has 2 unspecified atom stereocenters. The lowest BCUT2D eigenvalue weighted by Crippen LogP contribution is -2.34. The Hall–Kier alpha value is -3.57. The van der Waals surface area contributed by atoms with Crippen molar-refractivity contribution in [2.75, 3.05) is 6.61 Å². The van der Waals surface area contributed by atoms with Crippen molar-refractivity contribution in [3.8, 4) is 17.6 Å². The zero-order chi connectivity index (χ0) is 27.4. The number of benzene rings is 2. The molecule has 0 radical (unpaired) electrons. The molecule has 4 N–H and O–H groups in total. The Morgan fingerprint density at radius 1 is 1.24 bits per heavy atom. The summed E-state index contributed by atoms with van der Waals surface area (Å²) in [5.74, 6) is 0.930. The summed E-state index contributed by atoms with van der Waals surface area (Å²) >= 11 is 3.66. The Balaban J connectivity index is 1.75. The van der Waals surface area contributed by atoms with Crippen LogP contribution in [0.5, 0.6) is 11.5 Å². The molecule has 38 heavy (non-hydrogen) atoms. The number of halogens is 1. The molecule has 7 nitrogen and oxygen atoms in total. The highest BCUT2D eigenvalue weighted by atomic mass is 79.9. The average molecular weight is 578 g/mol. The summed E-state index contributed by atoms with van der Waals surface area (Å²) in [6.45, 7) is 6.53. The van der Waals surface area contributed by atoms with Crippen molar-refractivity contribution < 1.29 is 14.3 Å². The first-order valence-electron chi connectivity index (χ1n) is 12.9. The van der Waals surface area contributed by atoms with E-state index in [1.165, 1.54) is 0 Å². The molecule has 198 valence electrons. The lowest BCUT2D eigenvalue weighted by molar-refractivity contribution is -0.117. The van der Waals surface area contributed by atoms with Gasteiger partial charge in [0.15, 0.2) is 17.3 Å². The number of nitrogens with zero attached hydrogens (tertiary/aromatic N) is 1. The Kier molecular flexibility index (Phi) is 8.58. The van der Waals surface area contributed by atoms with E-state index in [4.69, 9.17) is 20.6 Å². The van der Waals surface area contributed by atoms with E-state index in [1.54, 1.807) is 6.07 Å². The maximum Gasteiger partial charge on any atom is 0.175 e. The van der Waals surface area contributed by atoms with Crippen LogP contribution >= 0.6 is 15.9 Å². The number of rotatable bonds is 9. The number of nitriles is 1. The summed E-state index contributed by atoms with van der Waals surface area (Å²) in [7, 11) is 0. The molecule has 0 saturated heterocycles. The number of nitrogen functional groups attached to an aromatic ring is 1. The highest BCUT2D eigenvalue weighted by Crippen LogP contribution is 2.47. The number of amidine groups is 1. The van der Waals surface area contributed by atoms with Gasteiger partial charge < -0.3 is 20.5 Å². The van der Waals surface area contributed by atoms with Crippen LogP contribution < -0.4 is 20.5 Å². The predicted molar refractivity (Wildman–Crippen MR) is 151 cm³/mol. The minimum absolute atomic E-state index is 0.0249. The van der Waals surface area contributed by atoms with E-state index in [-0.39, 0.29) is 18.2 Å². The Morgan fingerprint density at radius 3 is 2.68 bits per heavy atom. The fourth-order valence-corrected chi connectivity index (χ4v) is 6.00. The Bertz CT molecular complexity index is 1370. The van der Waals surface area contributed by atoms with Crippen LogP contribution in [0.1, 0.15) is 69.1 Å². The van der Waals surface area contributed by atoms with E-state index in [0.29, 0.717) is 51.6 Å². The van der Waals surface area contributed by atoms with Crippen LogP contribution in [0.3, 0.4) is 0 Å². The summed E-state index contributed by atoms with van der Waals surface area (Å²) in [6, 6.07) is 13.5. The van der Waals surface area contributed by atoms with Gasteiger partial charge in [-0.1, -0.05) is 37.6 Å². The molecule has 0 saturated carbocycles. The van der Waals surface area contributed by atoms with Gasteiger partial charge in [-0.3, -0.25) is 10.2 Å². The van der Waals surface area contributed by atoms with Crippen molar-refractivity contribution in [3.05, 3.63) is 80.1 Å². The molecular formula is C30H33BrN4O3. The van der Waals surface area contributed by atoms with Gasteiger partial charge in [0.1, 0.15) is 12.4 Å². The lowest BCUT2D eigenvalue weighted by atomic mass is 9.72. The standard InChI is InChI=1S/C30H33BrN4O3/c1-4-8-18-11-24-28(25(36)12-18)27(22(15-32)17(3)35-24)20-13-23(31)29(26(14-20)37-5-2)38-16-19-9-6-7-10-21(19)30(33)34/h6-7,9-10,13-14,18,27,35H,4-5,8,11-12,16H2,1-3H3,(H3,33,34). The summed E-state index contributed by atoms with van der Waals surface area (Å²) in [4.78, 5) is 13.4. The van der Waals surface area contributed by atoms with E-state index < -0.39 is 5.92 Å². The molecule has 8 heteroatoms. The Morgan fingerprint density at radius 2 is 2.00 bits per heavy atom. The minimum atomic E-state index is -0.477. The molecule has 2 aromatic rings. The maximum atomic E-state index is 13.4. The third kappa shape index (κ3) is 5.48. The first-order chi connectivity index (χ1) is 18.3. The van der Waals surface area contributed by atoms with Crippen LogP contribution in [-0.4, -0.2) is 18.2 Å². The van der Waals surface area contributed by atoms with Crippen molar-refractivity contribution in [3.63, 3.8) is 0 Å². The Labute approximate surface area is 232 Å². The highest BCUT2D eigenvalue weighted by molar-refractivity contribution is 9.10. The average Bonchev–Trinajstić information content (AvgIpc) is 2.87.